The Labute approximate surface area is 256 Å². The van der Waals surface area contributed by atoms with Gasteiger partial charge in [-0.3, -0.25) is 19.2 Å². The molecule has 0 saturated carbocycles. The van der Waals surface area contributed by atoms with Gasteiger partial charge in [0.15, 0.2) is 17.1 Å². The lowest BCUT2D eigenvalue weighted by molar-refractivity contribution is -0.161. The molecule has 0 bridgehead atoms. The highest BCUT2D eigenvalue weighted by Crippen LogP contribution is 2.30. The molecule has 2 aromatic rings. The predicted octanol–water partition coefficient (Wildman–Crippen LogP) is 6.08. The summed E-state index contributed by atoms with van der Waals surface area (Å²) in [5, 5.41) is 0. The van der Waals surface area contributed by atoms with Crippen molar-refractivity contribution in [2.45, 2.75) is 71.9 Å². The normalized spacial score (nSPS) is 21.2. The van der Waals surface area contributed by atoms with Crippen molar-refractivity contribution in [3.8, 4) is 0 Å². The molecule has 1 unspecified atom stereocenters. The van der Waals surface area contributed by atoms with Gasteiger partial charge in [-0.25, -0.2) is 4.79 Å². The molecule has 2 atom stereocenters. The smallest absolute Gasteiger partial charge is 0.339 e. The number of carbonyl (C=O) groups is 5. The maximum absolute atomic E-state index is 12.7. The van der Waals surface area contributed by atoms with Crippen LogP contribution in [0.25, 0.3) is 0 Å². The zero-order valence-electron chi connectivity index (χ0n) is 23.8. The number of carbonyl (C=O) groups excluding carboxylic acids is 5. The van der Waals surface area contributed by atoms with Gasteiger partial charge in [-0.2, -0.15) is 0 Å². The van der Waals surface area contributed by atoms with Gasteiger partial charge in [-0.1, -0.05) is 70.0 Å². The first-order valence-corrected chi connectivity index (χ1v) is 13.8. The molecule has 43 heavy (non-hydrogen) atoms. The summed E-state index contributed by atoms with van der Waals surface area (Å²) in [6, 6.07) is 17.7. The van der Waals surface area contributed by atoms with Crippen molar-refractivity contribution in [1.29, 1.82) is 0 Å². The molecular formula is C35H46N2O6. The van der Waals surface area contributed by atoms with Crippen LogP contribution in [0.5, 0.6) is 0 Å². The SMILES string of the molecule is C.C.C=CCOC(=O)C1(C)C(=O)CCCN1C(=O)c1ccccc1.C=CC[C@@]1(C)C(=O)CCCN1C(=O)c1ccccc1. The fourth-order valence-electron chi connectivity index (χ4n) is 5.19. The molecular weight excluding hydrogens is 544 g/mol. The van der Waals surface area contributed by atoms with Crippen molar-refractivity contribution < 1.29 is 28.7 Å². The number of piperidine rings is 2. The highest BCUT2D eigenvalue weighted by Gasteiger charge is 2.51. The quantitative estimate of drug-likeness (QED) is 0.220. The van der Waals surface area contributed by atoms with E-state index in [0.29, 0.717) is 43.5 Å². The molecule has 2 aliphatic rings. The van der Waals surface area contributed by atoms with Crippen LogP contribution in [0, 0.1) is 0 Å². The zero-order chi connectivity index (χ0) is 30.0. The van der Waals surface area contributed by atoms with E-state index in [-0.39, 0.29) is 51.3 Å². The van der Waals surface area contributed by atoms with Crippen LogP contribution < -0.4 is 0 Å². The molecule has 4 rings (SSSR count). The van der Waals surface area contributed by atoms with Crippen molar-refractivity contribution >= 4 is 29.4 Å². The number of hydrogen-bond acceptors (Lipinski definition) is 6. The Balaban J connectivity index is 0.000000415. The van der Waals surface area contributed by atoms with E-state index in [1.807, 2.05) is 25.1 Å². The fourth-order valence-corrected chi connectivity index (χ4v) is 5.19. The molecule has 0 N–H and O–H groups in total. The van der Waals surface area contributed by atoms with E-state index in [4.69, 9.17) is 4.74 Å². The molecule has 0 spiro atoms. The molecule has 2 fully saturated rings. The standard InChI is InChI=1S/C17H19NO4.C16H19NO2.2CH4/c1-3-12-22-16(21)17(2)14(19)10-7-11-18(17)15(20)13-8-5-4-6-9-13;1-3-11-16(2)14(18)10-7-12-17(16)15(19)13-8-5-4-6-9-13;;/h3-6,8-9H,1,7,10-12H2,2H3;3-6,8-9H,1,7,10-12H2,2H3;2*1H4/t;16-;;/m.0../s1. The Bertz CT molecular complexity index is 1290. The van der Waals surface area contributed by atoms with Crippen LogP contribution in [0.4, 0.5) is 0 Å². The number of hydrogen-bond donors (Lipinski definition) is 0. The van der Waals surface area contributed by atoms with E-state index >= 15 is 0 Å². The highest BCUT2D eigenvalue weighted by atomic mass is 16.5. The van der Waals surface area contributed by atoms with E-state index in [0.717, 1.165) is 6.42 Å². The van der Waals surface area contributed by atoms with Crippen LogP contribution in [0.2, 0.25) is 0 Å². The average Bonchev–Trinajstić information content (AvgIpc) is 2.99. The van der Waals surface area contributed by atoms with Crippen LogP contribution in [0.15, 0.2) is 86.0 Å². The Kier molecular flexibility index (Phi) is 13.9. The second-order valence-electron chi connectivity index (χ2n) is 10.4. The summed E-state index contributed by atoms with van der Waals surface area (Å²) in [6.07, 6.45) is 5.74. The molecule has 2 amide bonds. The Morgan fingerprint density at radius 1 is 0.767 bits per heavy atom. The summed E-state index contributed by atoms with van der Waals surface area (Å²) in [7, 11) is 0. The van der Waals surface area contributed by atoms with Crippen LogP contribution >= 0.6 is 0 Å². The number of Topliss-reactive ketones (excluding diaryl/α,β-unsaturated/α-hetero) is 2. The molecule has 2 aliphatic heterocycles. The number of esters is 1. The summed E-state index contributed by atoms with van der Waals surface area (Å²) < 4.78 is 5.05. The van der Waals surface area contributed by atoms with Gasteiger partial charge < -0.3 is 14.5 Å². The van der Waals surface area contributed by atoms with E-state index in [9.17, 15) is 24.0 Å². The lowest BCUT2D eigenvalue weighted by Crippen LogP contribution is -2.63. The molecule has 232 valence electrons. The van der Waals surface area contributed by atoms with Gasteiger partial charge in [0.2, 0.25) is 0 Å². The van der Waals surface area contributed by atoms with Crippen LogP contribution in [0.3, 0.4) is 0 Å². The number of amides is 2. The Hall–Kier alpha value is -4.33. The van der Waals surface area contributed by atoms with E-state index in [1.165, 1.54) is 17.9 Å². The summed E-state index contributed by atoms with van der Waals surface area (Å²) in [4.78, 5) is 65.2. The van der Waals surface area contributed by atoms with Crippen molar-refractivity contribution in [3.05, 3.63) is 97.1 Å². The van der Waals surface area contributed by atoms with Gasteiger partial charge in [0, 0.05) is 37.1 Å². The second kappa shape index (κ2) is 16.3. The molecule has 2 heterocycles. The first-order chi connectivity index (χ1) is 19.6. The monoisotopic (exact) mass is 590 g/mol. The molecule has 8 heteroatoms. The van der Waals surface area contributed by atoms with Crippen molar-refractivity contribution in [1.82, 2.24) is 9.80 Å². The minimum atomic E-state index is -1.58. The maximum atomic E-state index is 12.7. The first kappa shape index (κ1) is 36.7. The predicted molar refractivity (Wildman–Crippen MR) is 170 cm³/mol. The van der Waals surface area contributed by atoms with Gasteiger partial charge in [-0.05, 0) is 57.4 Å². The molecule has 0 aromatic heterocycles. The van der Waals surface area contributed by atoms with Crippen LogP contribution in [-0.4, -0.2) is 69.9 Å². The average molecular weight is 591 g/mol. The topological polar surface area (TPSA) is 101 Å². The van der Waals surface area contributed by atoms with E-state index in [1.54, 1.807) is 53.4 Å². The first-order valence-electron chi connectivity index (χ1n) is 13.8. The fraction of sp³-hybridized carbons (Fsp3) is 0.400. The number of ketones is 2. The summed E-state index contributed by atoms with van der Waals surface area (Å²) in [6.45, 7) is 11.5. The maximum Gasteiger partial charge on any atom is 0.339 e. The molecule has 8 nitrogen and oxygen atoms in total. The summed E-state index contributed by atoms with van der Waals surface area (Å²) >= 11 is 0. The third-order valence-electron chi connectivity index (χ3n) is 7.65. The van der Waals surface area contributed by atoms with Gasteiger partial charge in [0.05, 0.1) is 0 Å². The third kappa shape index (κ3) is 7.95. The molecule has 0 aliphatic carbocycles. The molecule has 0 radical (unpaired) electrons. The largest absolute Gasteiger partial charge is 0.459 e. The van der Waals surface area contributed by atoms with Gasteiger partial charge in [0.1, 0.15) is 12.1 Å². The van der Waals surface area contributed by atoms with E-state index < -0.39 is 17.0 Å². The lowest BCUT2D eigenvalue weighted by Gasteiger charge is -2.43. The number of likely N-dealkylation sites (tertiary alicyclic amines) is 2. The van der Waals surface area contributed by atoms with E-state index in [2.05, 4.69) is 13.2 Å². The van der Waals surface area contributed by atoms with Crippen molar-refractivity contribution in [2.24, 2.45) is 0 Å². The molecule has 2 aromatic carbocycles. The second-order valence-corrected chi connectivity index (χ2v) is 10.4. The minimum Gasteiger partial charge on any atom is -0.459 e. The van der Waals surface area contributed by atoms with Crippen molar-refractivity contribution in [3.63, 3.8) is 0 Å². The van der Waals surface area contributed by atoms with Crippen molar-refractivity contribution in [2.75, 3.05) is 19.7 Å². The minimum absolute atomic E-state index is 0. The van der Waals surface area contributed by atoms with Crippen LogP contribution in [0.1, 0.15) is 81.5 Å². The summed E-state index contributed by atoms with van der Waals surface area (Å²) in [5.74, 6) is -1.29. The number of benzene rings is 2. The molecule has 2 saturated heterocycles. The zero-order valence-corrected chi connectivity index (χ0v) is 23.8. The highest BCUT2D eigenvalue weighted by molar-refractivity contribution is 6.13. The number of ether oxygens (including phenoxy) is 1. The number of rotatable bonds is 7. The van der Waals surface area contributed by atoms with Gasteiger partial charge in [0.25, 0.3) is 11.8 Å². The number of nitrogens with zero attached hydrogens (tertiary/aromatic N) is 2. The lowest BCUT2D eigenvalue weighted by atomic mass is 9.83. The van der Waals surface area contributed by atoms with Gasteiger partial charge >= 0.3 is 5.97 Å². The van der Waals surface area contributed by atoms with Gasteiger partial charge in [-0.15, -0.1) is 6.58 Å². The summed E-state index contributed by atoms with van der Waals surface area (Å²) in [5.41, 5.74) is -1.24. The Morgan fingerprint density at radius 3 is 1.72 bits per heavy atom. The third-order valence-corrected chi connectivity index (χ3v) is 7.65. The Morgan fingerprint density at radius 2 is 1.23 bits per heavy atom. The van der Waals surface area contributed by atoms with Crippen LogP contribution in [-0.2, 0) is 19.1 Å².